The second-order valence-electron chi connectivity index (χ2n) is 13.5. The summed E-state index contributed by atoms with van der Waals surface area (Å²) in [5.74, 6) is 2.61. The predicted octanol–water partition coefficient (Wildman–Crippen LogP) is 2.59. The van der Waals surface area contributed by atoms with Crippen LogP contribution in [0.2, 0.25) is 0 Å². The number of hydrogen-bond acceptors (Lipinski definition) is 12. The standard InChI is InChI=1S/2C16H18N6O.2C2H6O/c2*1-11-8-22(13(23)2-5-17)16(11)4-7-21(9-16)15-12-3-6-18-14(12)19-10-20-15;2*1-2-3/h2*3,6,10-11H,2,4,7-9H2,1H3,(H,18,19,20);2*3H,2H2,1H3/t2*11-,16-;;/m00../s1. The molecule has 4 N–H and O–H groups in total. The van der Waals surface area contributed by atoms with E-state index in [9.17, 15) is 9.59 Å². The molecule has 4 atom stereocenters. The second kappa shape index (κ2) is 16.4. The van der Waals surface area contributed by atoms with Crippen molar-refractivity contribution < 1.29 is 19.8 Å². The molecule has 2 spiro atoms. The number of amides is 2. The molecular formula is C36H48N12O4. The highest BCUT2D eigenvalue weighted by molar-refractivity contribution is 5.89. The average Bonchev–Trinajstić information content (AvgIpc) is 3.96. The quantitative estimate of drug-likeness (QED) is 0.240. The van der Waals surface area contributed by atoms with Gasteiger partial charge in [0.25, 0.3) is 0 Å². The molecule has 8 heterocycles. The average molecular weight is 713 g/mol. The Kier molecular flexibility index (Phi) is 11.9. The molecule has 4 aliphatic rings. The molecule has 16 nitrogen and oxygen atoms in total. The van der Waals surface area contributed by atoms with Gasteiger partial charge in [-0.1, -0.05) is 13.8 Å². The Morgan fingerprint density at radius 1 is 0.769 bits per heavy atom. The Hall–Kier alpha value is -5.32. The van der Waals surface area contributed by atoms with E-state index in [0.717, 1.165) is 85.8 Å². The van der Waals surface area contributed by atoms with Gasteiger partial charge in [-0.3, -0.25) is 9.59 Å². The highest BCUT2D eigenvalue weighted by Crippen LogP contribution is 2.46. The fourth-order valence-corrected chi connectivity index (χ4v) is 8.05. The third-order valence-corrected chi connectivity index (χ3v) is 10.7. The minimum absolute atomic E-state index is 0.0377. The molecule has 0 aromatic carbocycles. The summed E-state index contributed by atoms with van der Waals surface area (Å²) in [4.78, 5) is 56.3. The number of H-pyrrole nitrogens is 2. The number of rotatable bonds is 4. The highest BCUT2D eigenvalue weighted by Gasteiger charge is 2.57. The number of carbonyl (C=O) groups is 2. The number of nitrogens with zero attached hydrogens (tertiary/aromatic N) is 10. The van der Waals surface area contributed by atoms with Crippen molar-refractivity contribution in [2.24, 2.45) is 11.8 Å². The van der Waals surface area contributed by atoms with E-state index in [2.05, 4.69) is 53.6 Å². The van der Waals surface area contributed by atoms with E-state index in [1.807, 2.05) is 46.5 Å². The first-order chi connectivity index (χ1) is 25.1. The molecule has 0 radical (unpaired) electrons. The van der Waals surface area contributed by atoms with Crippen LogP contribution in [0.3, 0.4) is 0 Å². The lowest BCUT2D eigenvalue weighted by Gasteiger charge is -2.55. The zero-order valence-corrected chi connectivity index (χ0v) is 30.3. The molecule has 2 amide bonds. The third kappa shape index (κ3) is 6.96. The summed E-state index contributed by atoms with van der Waals surface area (Å²) >= 11 is 0. The van der Waals surface area contributed by atoms with E-state index in [0.29, 0.717) is 11.8 Å². The summed E-state index contributed by atoms with van der Waals surface area (Å²) in [6.45, 7) is 13.0. The molecule has 4 aliphatic heterocycles. The fraction of sp³-hybridized carbons (Fsp3) is 0.556. The number of nitrogens with one attached hydrogen (secondary N) is 2. The van der Waals surface area contributed by atoms with Crippen LogP contribution >= 0.6 is 0 Å². The van der Waals surface area contributed by atoms with Crippen molar-refractivity contribution in [3.8, 4) is 12.1 Å². The van der Waals surface area contributed by atoms with Crippen molar-refractivity contribution in [1.82, 2.24) is 39.7 Å². The Labute approximate surface area is 303 Å². The second-order valence-corrected chi connectivity index (χ2v) is 13.5. The first-order valence-electron chi connectivity index (χ1n) is 17.8. The monoisotopic (exact) mass is 712 g/mol. The van der Waals surface area contributed by atoms with Crippen LogP contribution in [0.1, 0.15) is 53.4 Å². The molecule has 4 aromatic rings. The summed E-state index contributed by atoms with van der Waals surface area (Å²) < 4.78 is 0. The van der Waals surface area contributed by atoms with Gasteiger partial charge in [0.15, 0.2) is 0 Å². The van der Waals surface area contributed by atoms with Crippen LogP contribution in [0.25, 0.3) is 22.1 Å². The summed E-state index contributed by atoms with van der Waals surface area (Å²) in [7, 11) is 0. The maximum Gasteiger partial charge on any atom is 0.237 e. The summed E-state index contributed by atoms with van der Waals surface area (Å²) in [6, 6.07) is 7.91. The van der Waals surface area contributed by atoms with E-state index in [4.69, 9.17) is 20.7 Å². The van der Waals surface area contributed by atoms with Gasteiger partial charge in [0.1, 0.15) is 48.4 Å². The predicted molar refractivity (Wildman–Crippen MR) is 195 cm³/mol. The molecular weight excluding hydrogens is 664 g/mol. The first kappa shape index (κ1) is 37.9. The smallest absolute Gasteiger partial charge is 0.237 e. The van der Waals surface area contributed by atoms with Gasteiger partial charge in [0, 0.05) is 64.9 Å². The third-order valence-electron chi connectivity index (χ3n) is 10.7. The Morgan fingerprint density at radius 3 is 1.50 bits per heavy atom. The van der Waals surface area contributed by atoms with E-state index in [1.165, 1.54) is 0 Å². The minimum atomic E-state index is -0.151. The van der Waals surface area contributed by atoms with Crippen LogP contribution < -0.4 is 9.80 Å². The van der Waals surface area contributed by atoms with Crippen LogP contribution in [-0.4, -0.2) is 125 Å². The number of aliphatic hydroxyl groups excluding tert-OH is 2. The maximum absolute atomic E-state index is 12.2. The lowest BCUT2D eigenvalue weighted by molar-refractivity contribution is -0.153. The number of aromatic nitrogens is 6. The molecule has 0 aliphatic carbocycles. The molecule has 16 heteroatoms. The number of anilines is 2. The van der Waals surface area contributed by atoms with Gasteiger partial charge >= 0.3 is 0 Å². The molecule has 276 valence electrons. The number of carbonyl (C=O) groups excluding carboxylic acids is 2. The lowest BCUT2D eigenvalue weighted by Crippen LogP contribution is -2.69. The molecule has 0 saturated carbocycles. The van der Waals surface area contributed by atoms with E-state index in [-0.39, 0.29) is 48.9 Å². The van der Waals surface area contributed by atoms with Gasteiger partial charge in [-0.2, -0.15) is 10.5 Å². The van der Waals surface area contributed by atoms with E-state index in [1.54, 1.807) is 26.5 Å². The van der Waals surface area contributed by atoms with Crippen molar-refractivity contribution in [3.63, 3.8) is 0 Å². The minimum Gasteiger partial charge on any atom is -0.397 e. The Morgan fingerprint density at radius 2 is 1.15 bits per heavy atom. The van der Waals surface area contributed by atoms with Crippen LogP contribution in [0.5, 0.6) is 0 Å². The number of fused-ring (bicyclic) bond motifs is 2. The van der Waals surface area contributed by atoms with Crippen molar-refractivity contribution in [3.05, 3.63) is 37.2 Å². The van der Waals surface area contributed by atoms with Gasteiger partial charge in [-0.15, -0.1) is 0 Å². The van der Waals surface area contributed by atoms with Crippen LogP contribution in [0.4, 0.5) is 11.6 Å². The molecule has 4 fully saturated rings. The molecule has 0 unspecified atom stereocenters. The van der Waals surface area contributed by atoms with E-state index < -0.39 is 0 Å². The summed E-state index contributed by atoms with van der Waals surface area (Å²) in [5.41, 5.74) is 1.35. The van der Waals surface area contributed by atoms with Crippen molar-refractivity contribution in [1.29, 1.82) is 10.5 Å². The van der Waals surface area contributed by atoms with Crippen LogP contribution in [-0.2, 0) is 9.59 Å². The van der Waals surface area contributed by atoms with Gasteiger partial charge < -0.3 is 39.8 Å². The van der Waals surface area contributed by atoms with Gasteiger partial charge in [0.05, 0.1) is 34.0 Å². The molecule has 4 saturated heterocycles. The zero-order valence-electron chi connectivity index (χ0n) is 30.3. The SMILES string of the molecule is CCO.CCO.C[C@H]1CN(C(=O)CC#N)[C@]12CCN(c1ncnc3[nH]ccc13)C2.C[C@H]1CN(C(=O)CC#N)[C@]12CCN(c1ncnc3[nH]ccc13)C2. The van der Waals surface area contributed by atoms with E-state index >= 15 is 0 Å². The topological polar surface area (TPSA) is 218 Å². The summed E-state index contributed by atoms with van der Waals surface area (Å²) in [6.07, 6.45) is 8.63. The molecule has 0 bridgehead atoms. The van der Waals surface area contributed by atoms with Crippen LogP contribution in [0, 0.1) is 34.5 Å². The number of aliphatic hydroxyl groups is 2. The van der Waals surface area contributed by atoms with Gasteiger partial charge in [-0.05, 0) is 50.7 Å². The zero-order chi connectivity index (χ0) is 37.5. The highest BCUT2D eigenvalue weighted by atomic mass is 16.3. The fourth-order valence-electron chi connectivity index (χ4n) is 8.05. The molecule has 52 heavy (non-hydrogen) atoms. The molecule has 8 rings (SSSR count). The summed E-state index contributed by atoms with van der Waals surface area (Å²) in [5, 5.41) is 34.7. The van der Waals surface area contributed by atoms with Crippen LogP contribution in [0.15, 0.2) is 37.2 Å². The van der Waals surface area contributed by atoms with Gasteiger partial charge in [0.2, 0.25) is 11.8 Å². The van der Waals surface area contributed by atoms with Crippen molar-refractivity contribution in [2.45, 2.75) is 64.5 Å². The van der Waals surface area contributed by atoms with Crippen molar-refractivity contribution in [2.75, 3.05) is 62.3 Å². The van der Waals surface area contributed by atoms with Crippen molar-refractivity contribution >= 4 is 45.5 Å². The lowest BCUT2D eigenvalue weighted by atomic mass is 9.74. The normalized spacial score (nSPS) is 24.2. The largest absolute Gasteiger partial charge is 0.397 e. The number of hydrogen-bond donors (Lipinski definition) is 4. The molecule has 4 aromatic heterocycles. The Bertz CT molecular complexity index is 1790. The number of nitriles is 2. The maximum atomic E-state index is 12.2. The first-order valence-corrected chi connectivity index (χ1v) is 17.8. The number of likely N-dealkylation sites (tertiary alicyclic amines) is 2. The number of aromatic amines is 2. The Balaban J connectivity index is 0.000000175. The van der Waals surface area contributed by atoms with Gasteiger partial charge in [-0.25, -0.2) is 19.9 Å².